The molecule has 5 heteroatoms. The number of esters is 1. The quantitative estimate of drug-likeness (QED) is 0.0348. The monoisotopic (exact) mass is 590 g/mol. The zero-order chi connectivity index (χ0) is 27.1. The van der Waals surface area contributed by atoms with Crippen molar-refractivity contribution in [2.75, 3.05) is 25.2 Å². The predicted molar refractivity (Wildman–Crippen MR) is 163 cm³/mol. The van der Waals surface area contributed by atoms with E-state index in [-0.39, 0.29) is 12.3 Å². The Morgan fingerprint density at radius 2 is 0.919 bits per heavy atom. The van der Waals surface area contributed by atoms with Crippen LogP contribution in [0.1, 0.15) is 168 Å². The highest BCUT2D eigenvalue weighted by Gasteiger charge is 2.13. The van der Waals surface area contributed by atoms with Gasteiger partial charge in [0.2, 0.25) is 0 Å². The van der Waals surface area contributed by atoms with Crippen molar-refractivity contribution in [2.45, 2.75) is 174 Å². The first-order chi connectivity index (χ1) is 18.2. The normalized spacial score (nSPS) is 11.5. The van der Waals surface area contributed by atoms with Crippen LogP contribution in [-0.2, 0) is 19.0 Å². The summed E-state index contributed by atoms with van der Waals surface area (Å²) < 4.78 is 17.6. The summed E-state index contributed by atoms with van der Waals surface area (Å²) in [6, 6.07) is 0. The lowest BCUT2D eigenvalue weighted by Crippen LogP contribution is -2.21. The standard InChI is InChI=1S/C32H63BrO4/c1-3-5-7-9-11-13-15-18-23-29-36-32(26-25-31(34)35-28-22-20-17-21-27-33)37-30-24-19-16-14-12-10-8-6-4-2/h32H,3-30H2,1-2H3. The van der Waals surface area contributed by atoms with Crippen LogP contribution < -0.4 is 0 Å². The van der Waals surface area contributed by atoms with Crippen LogP contribution in [0.2, 0.25) is 0 Å². The number of carbonyl (C=O) groups excluding carboxylic acids is 1. The first kappa shape index (κ1) is 36.9. The molecule has 0 aliphatic heterocycles. The zero-order valence-corrected chi connectivity index (χ0v) is 26.5. The Bertz CT molecular complexity index is 423. The van der Waals surface area contributed by atoms with Crippen LogP contribution in [0.15, 0.2) is 0 Å². The minimum absolute atomic E-state index is 0.121. The average molecular weight is 592 g/mol. The maximum absolute atomic E-state index is 12.2. The molecule has 0 fully saturated rings. The van der Waals surface area contributed by atoms with Crippen molar-refractivity contribution in [1.29, 1.82) is 0 Å². The molecule has 0 aromatic carbocycles. The molecule has 0 N–H and O–H groups in total. The van der Waals surface area contributed by atoms with E-state index in [9.17, 15) is 4.79 Å². The van der Waals surface area contributed by atoms with Crippen LogP contribution in [-0.4, -0.2) is 37.4 Å². The molecule has 0 aromatic heterocycles. The first-order valence-electron chi connectivity index (χ1n) is 16.2. The van der Waals surface area contributed by atoms with Crippen LogP contribution in [0.25, 0.3) is 0 Å². The van der Waals surface area contributed by atoms with E-state index >= 15 is 0 Å². The van der Waals surface area contributed by atoms with Crippen LogP contribution in [0, 0.1) is 0 Å². The van der Waals surface area contributed by atoms with Crippen molar-refractivity contribution in [3.05, 3.63) is 0 Å². The van der Waals surface area contributed by atoms with Crippen molar-refractivity contribution < 1.29 is 19.0 Å². The fourth-order valence-electron chi connectivity index (χ4n) is 4.51. The van der Waals surface area contributed by atoms with Gasteiger partial charge in [-0.25, -0.2) is 0 Å². The maximum Gasteiger partial charge on any atom is 0.305 e. The Hall–Kier alpha value is -0.130. The van der Waals surface area contributed by atoms with Crippen LogP contribution in [0.5, 0.6) is 0 Å². The summed E-state index contributed by atoms with van der Waals surface area (Å²) in [6.45, 7) is 6.52. The number of carbonyl (C=O) groups is 1. The van der Waals surface area contributed by atoms with Gasteiger partial charge >= 0.3 is 5.97 Å². The van der Waals surface area contributed by atoms with E-state index in [0.29, 0.717) is 19.4 Å². The van der Waals surface area contributed by atoms with E-state index in [0.717, 1.165) is 44.2 Å². The minimum Gasteiger partial charge on any atom is -0.466 e. The largest absolute Gasteiger partial charge is 0.466 e. The van der Waals surface area contributed by atoms with E-state index < -0.39 is 0 Å². The second kappa shape index (κ2) is 32.1. The van der Waals surface area contributed by atoms with Gasteiger partial charge in [0.15, 0.2) is 6.29 Å². The van der Waals surface area contributed by atoms with Crippen LogP contribution in [0.4, 0.5) is 0 Å². The van der Waals surface area contributed by atoms with Gasteiger partial charge in [0.1, 0.15) is 0 Å². The number of halogens is 1. The summed E-state index contributed by atoms with van der Waals surface area (Å²) in [6.07, 6.45) is 28.6. The summed E-state index contributed by atoms with van der Waals surface area (Å²) in [5.41, 5.74) is 0. The van der Waals surface area contributed by atoms with Gasteiger partial charge in [-0.1, -0.05) is 145 Å². The molecule has 0 rings (SSSR count). The zero-order valence-electron chi connectivity index (χ0n) is 24.9. The van der Waals surface area contributed by atoms with Crippen molar-refractivity contribution in [3.8, 4) is 0 Å². The first-order valence-corrected chi connectivity index (χ1v) is 17.3. The summed E-state index contributed by atoms with van der Waals surface area (Å²) in [7, 11) is 0. The second-order valence-electron chi connectivity index (χ2n) is 10.7. The van der Waals surface area contributed by atoms with Gasteiger partial charge in [0, 0.05) is 25.0 Å². The van der Waals surface area contributed by atoms with E-state index in [1.807, 2.05) is 0 Å². The lowest BCUT2D eigenvalue weighted by atomic mass is 10.1. The topological polar surface area (TPSA) is 44.8 Å². The molecule has 0 aliphatic carbocycles. The van der Waals surface area contributed by atoms with Crippen LogP contribution in [0.3, 0.4) is 0 Å². The molecule has 0 amide bonds. The molecule has 222 valence electrons. The van der Waals surface area contributed by atoms with Gasteiger partial charge in [0.05, 0.1) is 13.0 Å². The molecule has 37 heavy (non-hydrogen) atoms. The van der Waals surface area contributed by atoms with Gasteiger partial charge in [-0.05, 0) is 25.7 Å². The SMILES string of the molecule is CCCCCCCCCCCOC(CCC(=O)OCCCCCCBr)OCCCCCCCCCCC. The minimum atomic E-state index is -0.283. The van der Waals surface area contributed by atoms with Gasteiger partial charge in [0.25, 0.3) is 0 Å². The molecule has 4 nitrogen and oxygen atoms in total. The molecule has 0 saturated heterocycles. The fourth-order valence-corrected chi connectivity index (χ4v) is 4.91. The Morgan fingerprint density at radius 1 is 0.541 bits per heavy atom. The molecule has 0 unspecified atom stereocenters. The number of rotatable bonds is 31. The number of hydrogen-bond acceptors (Lipinski definition) is 4. The molecule has 0 atom stereocenters. The highest BCUT2D eigenvalue weighted by molar-refractivity contribution is 9.09. The molecule has 0 aromatic rings. The Kier molecular flexibility index (Phi) is 32.0. The number of alkyl halides is 1. The highest BCUT2D eigenvalue weighted by atomic mass is 79.9. The van der Waals surface area contributed by atoms with Crippen molar-refractivity contribution in [1.82, 2.24) is 0 Å². The van der Waals surface area contributed by atoms with E-state index in [1.165, 1.54) is 116 Å². The molecular formula is C32H63BrO4. The van der Waals surface area contributed by atoms with Crippen molar-refractivity contribution in [2.24, 2.45) is 0 Å². The van der Waals surface area contributed by atoms with Crippen LogP contribution >= 0.6 is 15.9 Å². The molecular weight excluding hydrogens is 528 g/mol. The van der Waals surface area contributed by atoms with Crippen molar-refractivity contribution in [3.63, 3.8) is 0 Å². The van der Waals surface area contributed by atoms with E-state index in [4.69, 9.17) is 14.2 Å². The summed E-state index contributed by atoms with van der Waals surface area (Å²) in [4.78, 5) is 12.2. The lowest BCUT2D eigenvalue weighted by Gasteiger charge is -2.18. The summed E-state index contributed by atoms with van der Waals surface area (Å²) >= 11 is 3.45. The number of ether oxygens (including phenoxy) is 3. The maximum atomic E-state index is 12.2. The number of unbranched alkanes of at least 4 members (excludes halogenated alkanes) is 19. The summed E-state index contributed by atoms with van der Waals surface area (Å²) in [5, 5.41) is 1.05. The third-order valence-electron chi connectivity index (χ3n) is 6.98. The van der Waals surface area contributed by atoms with Gasteiger partial charge in [-0.2, -0.15) is 0 Å². The van der Waals surface area contributed by atoms with Gasteiger partial charge < -0.3 is 14.2 Å². The molecule has 0 spiro atoms. The van der Waals surface area contributed by atoms with Crippen molar-refractivity contribution >= 4 is 21.9 Å². The molecule has 0 aliphatic rings. The smallest absolute Gasteiger partial charge is 0.305 e. The summed E-state index contributed by atoms with van der Waals surface area (Å²) in [5.74, 6) is -0.121. The van der Waals surface area contributed by atoms with E-state index in [1.54, 1.807) is 0 Å². The highest BCUT2D eigenvalue weighted by Crippen LogP contribution is 2.14. The Labute approximate surface area is 239 Å². The number of hydrogen-bond donors (Lipinski definition) is 0. The third-order valence-corrected chi connectivity index (χ3v) is 7.54. The van der Waals surface area contributed by atoms with E-state index in [2.05, 4.69) is 29.8 Å². The Balaban J connectivity index is 4.02. The third kappa shape index (κ3) is 30.3. The molecule has 0 bridgehead atoms. The van der Waals surface area contributed by atoms with Gasteiger partial charge in [-0.15, -0.1) is 0 Å². The lowest BCUT2D eigenvalue weighted by molar-refractivity contribution is -0.159. The molecule has 0 saturated carbocycles. The fraction of sp³-hybridized carbons (Fsp3) is 0.969. The Morgan fingerprint density at radius 3 is 1.35 bits per heavy atom. The molecule has 0 radical (unpaired) electrons. The average Bonchev–Trinajstić information content (AvgIpc) is 2.90. The van der Waals surface area contributed by atoms with Gasteiger partial charge in [-0.3, -0.25) is 4.79 Å². The second-order valence-corrected chi connectivity index (χ2v) is 11.5. The molecule has 0 heterocycles. The predicted octanol–water partition coefficient (Wildman–Crippen LogP) is 10.7.